The SMILES string of the molecule is CN1C=C(c2ccc3c(c2OCC2CCC2)n(CCCC#N)c(=O)n3C)C2=CC=NC2C1=O. The number of nitrogens with zero attached hydrogens (tertiary/aromatic N) is 5. The molecule has 0 saturated heterocycles. The maximum Gasteiger partial charge on any atom is 0.328 e. The first kappa shape index (κ1) is 21.3. The van der Waals surface area contributed by atoms with Crippen LogP contribution in [0.25, 0.3) is 16.6 Å². The lowest BCUT2D eigenvalue weighted by atomic mass is 9.86. The highest BCUT2D eigenvalue weighted by atomic mass is 16.5. The number of amides is 1. The summed E-state index contributed by atoms with van der Waals surface area (Å²) >= 11 is 0. The number of imidazole rings is 1. The van der Waals surface area contributed by atoms with Crippen LogP contribution in [-0.2, 0) is 18.4 Å². The van der Waals surface area contributed by atoms with Gasteiger partial charge in [-0.1, -0.05) is 6.42 Å². The van der Waals surface area contributed by atoms with Gasteiger partial charge in [0.25, 0.3) is 5.91 Å². The van der Waals surface area contributed by atoms with E-state index < -0.39 is 6.04 Å². The molecule has 3 aliphatic rings. The number of rotatable bonds is 7. The molecule has 2 aromatic rings. The lowest BCUT2D eigenvalue weighted by Gasteiger charge is -2.29. The lowest BCUT2D eigenvalue weighted by molar-refractivity contribution is -0.128. The predicted octanol–water partition coefficient (Wildman–Crippen LogP) is 3.01. The number of allylic oxidation sites excluding steroid dienone is 1. The van der Waals surface area contributed by atoms with Gasteiger partial charge in [-0.05, 0) is 49.0 Å². The van der Waals surface area contributed by atoms with Crippen LogP contribution in [0.5, 0.6) is 5.75 Å². The highest BCUT2D eigenvalue weighted by Gasteiger charge is 2.35. The van der Waals surface area contributed by atoms with Gasteiger partial charge in [0.05, 0.1) is 18.2 Å². The monoisotopic (exact) mass is 445 g/mol. The van der Waals surface area contributed by atoms with Crippen molar-refractivity contribution in [1.82, 2.24) is 14.0 Å². The molecule has 1 aromatic carbocycles. The van der Waals surface area contributed by atoms with E-state index in [0.717, 1.165) is 40.6 Å². The van der Waals surface area contributed by atoms with Crippen LogP contribution < -0.4 is 10.4 Å². The van der Waals surface area contributed by atoms with E-state index >= 15 is 0 Å². The number of aliphatic imine (C=N–C) groups is 1. The summed E-state index contributed by atoms with van der Waals surface area (Å²) in [5, 5.41) is 8.99. The van der Waals surface area contributed by atoms with Crippen molar-refractivity contribution < 1.29 is 9.53 Å². The molecule has 1 unspecified atom stereocenters. The smallest absolute Gasteiger partial charge is 0.328 e. The molecule has 0 bridgehead atoms. The molecule has 1 saturated carbocycles. The fourth-order valence-electron chi connectivity index (χ4n) is 4.78. The Morgan fingerprint density at radius 1 is 1.24 bits per heavy atom. The van der Waals surface area contributed by atoms with Gasteiger partial charge in [0, 0.05) is 50.6 Å². The Bertz CT molecular complexity index is 1320. The number of hydrogen-bond acceptors (Lipinski definition) is 5. The summed E-state index contributed by atoms with van der Waals surface area (Å²) in [6, 6.07) is 5.53. The Morgan fingerprint density at radius 3 is 2.79 bits per heavy atom. The first-order chi connectivity index (χ1) is 16.0. The summed E-state index contributed by atoms with van der Waals surface area (Å²) in [5.41, 5.74) is 3.99. The van der Waals surface area contributed by atoms with Gasteiger partial charge in [-0.3, -0.25) is 18.9 Å². The molecule has 1 amide bonds. The Morgan fingerprint density at radius 2 is 2.06 bits per heavy atom. The molecule has 2 aliphatic heterocycles. The summed E-state index contributed by atoms with van der Waals surface area (Å²) in [4.78, 5) is 31.6. The van der Waals surface area contributed by atoms with Crippen molar-refractivity contribution in [3.8, 4) is 11.8 Å². The number of aryl methyl sites for hydroxylation is 2. The second-order valence-electron chi connectivity index (χ2n) is 8.99. The van der Waals surface area contributed by atoms with Crippen molar-refractivity contribution in [2.75, 3.05) is 13.7 Å². The number of carbonyl (C=O) groups is 1. The third-order valence-electron chi connectivity index (χ3n) is 6.91. The number of likely N-dealkylation sites (N-methyl/N-ethyl adjacent to an activating group) is 1. The fourth-order valence-corrected chi connectivity index (χ4v) is 4.78. The third kappa shape index (κ3) is 3.48. The van der Waals surface area contributed by atoms with Crippen molar-refractivity contribution >= 4 is 28.7 Å². The van der Waals surface area contributed by atoms with Crippen LogP contribution in [0.15, 0.2) is 39.8 Å². The van der Waals surface area contributed by atoms with E-state index in [1.807, 2.05) is 24.4 Å². The standard InChI is InChI=1S/C25H27N5O3/c1-28-14-19(17-10-12-27-21(17)24(28)31)18-8-9-20-22(23(18)33-15-16-6-5-7-16)30(13-4-3-11-26)25(32)29(20)2/h8-10,12,14,16,21H,3-7,13,15H2,1-2H3. The van der Waals surface area contributed by atoms with Crippen LogP contribution in [0, 0.1) is 17.2 Å². The lowest BCUT2D eigenvalue weighted by Crippen LogP contribution is -2.36. The van der Waals surface area contributed by atoms with E-state index in [1.165, 1.54) is 6.42 Å². The zero-order valence-electron chi connectivity index (χ0n) is 19.0. The van der Waals surface area contributed by atoms with E-state index in [-0.39, 0.29) is 11.6 Å². The Kier molecular flexibility index (Phi) is 5.41. The van der Waals surface area contributed by atoms with Crippen LogP contribution in [0.1, 0.15) is 37.7 Å². The molecule has 1 atom stereocenters. The molecule has 0 spiro atoms. The molecule has 0 N–H and O–H groups in total. The molecule has 1 aliphatic carbocycles. The molecule has 0 radical (unpaired) electrons. The van der Waals surface area contributed by atoms with Gasteiger partial charge in [-0.2, -0.15) is 5.26 Å². The first-order valence-electron chi connectivity index (χ1n) is 11.5. The topological polar surface area (TPSA) is 92.6 Å². The fraction of sp³-hybridized carbons (Fsp3) is 0.440. The predicted molar refractivity (Wildman–Crippen MR) is 126 cm³/mol. The Hall–Kier alpha value is -3.60. The van der Waals surface area contributed by atoms with Gasteiger partial charge >= 0.3 is 5.69 Å². The van der Waals surface area contributed by atoms with Crippen LogP contribution >= 0.6 is 0 Å². The van der Waals surface area contributed by atoms with Crippen LogP contribution in [-0.4, -0.2) is 45.9 Å². The van der Waals surface area contributed by atoms with Gasteiger partial charge < -0.3 is 9.64 Å². The Balaban J connectivity index is 1.69. The molecule has 1 fully saturated rings. The highest BCUT2D eigenvalue weighted by Crippen LogP contribution is 2.42. The number of unbranched alkanes of at least 4 members (excludes halogenated alkanes) is 1. The van der Waals surface area contributed by atoms with Crippen molar-refractivity contribution in [2.24, 2.45) is 18.0 Å². The van der Waals surface area contributed by atoms with Gasteiger partial charge in [-0.15, -0.1) is 0 Å². The van der Waals surface area contributed by atoms with Crippen molar-refractivity contribution in [1.29, 1.82) is 5.26 Å². The number of aromatic nitrogens is 2. The van der Waals surface area contributed by atoms with Crippen molar-refractivity contribution in [3.63, 3.8) is 0 Å². The van der Waals surface area contributed by atoms with Crippen molar-refractivity contribution in [3.05, 3.63) is 46.0 Å². The van der Waals surface area contributed by atoms with E-state index in [2.05, 4.69) is 11.1 Å². The molecule has 8 heteroatoms. The molecule has 170 valence electrons. The average Bonchev–Trinajstić information content (AvgIpc) is 3.35. The van der Waals surface area contributed by atoms with Gasteiger partial charge in [0.2, 0.25) is 0 Å². The summed E-state index contributed by atoms with van der Waals surface area (Å²) < 4.78 is 9.84. The van der Waals surface area contributed by atoms with Gasteiger partial charge in [0.15, 0.2) is 11.8 Å². The minimum absolute atomic E-state index is 0.0649. The zero-order chi connectivity index (χ0) is 23.1. The zero-order valence-corrected chi connectivity index (χ0v) is 19.0. The summed E-state index contributed by atoms with van der Waals surface area (Å²) in [7, 11) is 3.50. The minimum Gasteiger partial charge on any atom is -0.490 e. The molecule has 1 aromatic heterocycles. The van der Waals surface area contributed by atoms with E-state index in [9.17, 15) is 9.59 Å². The average molecular weight is 446 g/mol. The second-order valence-corrected chi connectivity index (χ2v) is 8.99. The maximum absolute atomic E-state index is 13.1. The third-order valence-corrected chi connectivity index (χ3v) is 6.91. The van der Waals surface area contributed by atoms with Crippen LogP contribution in [0.4, 0.5) is 0 Å². The molecule has 33 heavy (non-hydrogen) atoms. The van der Waals surface area contributed by atoms with Crippen LogP contribution in [0.2, 0.25) is 0 Å². The first-order valence-corrected chi connectivity index (χ1v) is 11.5. The quantitative estimate of drug-likeness (QED) is 0.613. The Labute approximate surface area is 192 Å². The largest absolute Gasteiger partial charge is 0.490 e. The van der Waals surface area contributed by atoms with E-state index in [1.54, 1.807) is 34.3 Å². The number of carbonyl (C=O) groups excluding carboxylic acids is 1. The van der Waals surface area contributed by atoms with Crippen molar-refractivity contribution in [2.45, 2.75) is 44.7 Å². The number of hydrogen-bond donors (Lipinski definition) is 0. The second kappa shape index (κ2) is 8.39. The molecular formula is C25H27N5O3. The molecule has 3 heterocycles. The summed E-state index contributed by atoms with van der Waals surface area (Å²) in [5.74, 6) is 1.11. The number of fused-ring (bicyclic) bond motifs is 2. The maximum atomic E-state index is 13.1. The van der Waals surface area contributed by atoms with Gasteiger partial charge in [-0.25, -0.2) is 4.79 Å². The summed E-state index contributed by atoms with van der Waals surface area (Å²) in [6.45, 7) is 1.03. The molecular weight excluding hydrogens is 418 g/mol. The van der Waals surface area contributed by atoms with Crippen LogP contribution in [0.3, 0.4) is 0 Å². The minimum atomic E-state index is -0.543. The van der Waals surface area contributed by atoms with E-state index in [0.29, 0.717) is 37.7 Å². The van der Waals surface area contributed by atoms with E-state index in [4.69, 9.17) is 10.00 Å². The highest BCUT2D eigenvalue weighted by molar-refractivity contribution is 6.05. The molecule has 5 rings (SSSR count). The normalized spacial score (nSPS) is 19.8. The van der Waals surface area contributed by atoms with Gasteiger partial charge in [0.1, 0.15) is 5.52 Å². The number of benzene rings is 1. The molecule has 8 nitrogen and oxygen atoms in total. The number of nitriles is 1. The summed E-state index contributed by atoms with van der Waals surface area (Å²) in [6.07, 6.45) is 9.88. The number of ether oxygens (including phenoxy) is 1.